The molecule has 0 aromatic heterocycles. The first-order chi connectivity index (χ1) is 23.6. The molecule has 2 fully saturated rings. The van der Waals surface area contributed by atoms with Crippen LogP contribution in [0.5, 0.6) is 0 Å². The number of hydrogen-bond acceptors (Lipinski definition) is 8. The molecule has 1 spiro atoms. The van der Waals surface area contributed by atoms with Gasteiger partial charge in [-0.2, -0.15) is 17.5 Å². The molecule has 0 saturated carbocycles. The highest BCUT2D eigenvalue weighted by molar-refractivity contribution is 7.92. The fourth-order valence-electron chi connectivity index (χ4n) is 6.79. The van der Waals surface area contributed by atoms with Gasteiger partial charge in [-0.15, -0.1) is 0 Å². The Kier molecular flexibility index (Phi) is 14.0. The molecule has 0 bridgehead atoms. The van der Waals surface area contributed by atoms with E-state index in [1.54, 1.807) is 23.1 Å². The molecule has 1 aromatic carbocycles. The van der Waals surface area contributed by atoms with Crippen molar-refractivity contribution in [1.29, 1.82) is 0 Å². The van der Waals surface area contributed by atoms with E-state index in [1.165, 1.54) is 9.71 Å². The first-order valence-electron chi connectivity index (χ1n) is 17.6. The van der Waals surface area contributed by atoms with E-state index >= 15 is 0 Å². The van der Waals surface area contributed by atoms with Crippen LogP contribution in [0.15, 0.2) is 22.5 Å². The van der Waals surface area contributed by atoms with E-state index < -0.39 is 34.3 Å². The maximum Gasteiger partial charge on any atom is 0.389 e. The number of nitrogens with one attached hydrogen (secondary N) is 1. The summed E-state index contributed by atoms with van der Waals surface area (Å²) in [5.74, 6) is 0.254. The van der Waals surface area contributed by atoms with Crippen molar-refractivity contribution in [3.8, 4) is 0 Å². The van der Waals surface area contributed by atoms with Crippen LogP contribution in [0.1, 0.15) is 104 Å². The van der Waals surface area contributed by atoms with E-state index in [1.807, 2.05) is 13.8 Å². The van der Waals surface area contributed by atoms with Gasteiger partial charge >= 0.3 is 6.18 Å². The quantitative estimate of drug-likeness (QED) is 0.211. The van der Waals surface area contributed by atoms with Crippen molar-refractivity contribution >= 4 is 33.7 Å². The lowest BCUT2D eigenvalue weighted by Gasteiger charge is -2.34. The maximum atomic E-state index is 13.3. The Morgan fingerprint density at radius 3 is 2.26 bits per heavy atom. The van der Waals surface area contributed by atoms with Gasteiger partial charge in [0.25, 0.3) is 11.8 Å². The van der Waals surface area contributed by atoms with Crippen molar-refractivity contribution in [2.45, 2.75) is 115 Å². The standard InChI is InChI=1S/C35H51F3N4O7S/c1-25-21-27(32(45)41-16-10-29(11-17-41)49-24-28(44)23-43)22-26(2)30(25)12-20-50(47,48)42-18-14-34(15-19-42)33(46)39-31(40-34)9-7-5-3-4-6-8-13-35(36,37)38/h12,20-22,28-29,43-44H,3-11,13-19,23-24H2,1-2H3,(H,39,40,46)/t28-/m0/s1. The summed E-state index contributed by atoms with van der Waals surface area (Å²) < 4.78 is 70.4. The molecule has 3 aliphatic rings. The lowest BCUT2D eigenvalue weighted by atomic mass is 9.89. The predicted octanol–water partition coefficient (Wildman–Crippen LogP) is 4.62. The van der Waals surface area contributed by atoms with E-state index in [4.69, 9.17) is 9.84 Å². The molecular formula is C35H51F3N4O7S. The Morgan fingerprint density at radius 1 is 1.06 bits per heavy atom. The first-order valence-corrected chi connectivity index (χ1v) is 19.1. The smallest absolute Gasteiger partial charge is 0.389 e. The summed E-state index contributed by atoms with van der Waals surface area (Å²) >= 11 is 0. The van der Waals surface area contributed by atoms with Crippen molar-refractivity contribution in [2.24, 2.45) is 4.99 Å². The number of aliphatic imine (C=N–C) groups is 1. The number of rotatable bonds is 16. The zero-order valence-corrected chi connectivity index (χ0v) is 29.8. The number of aliphatic hydroxyl groups excluding tert-OH is 2. The Hall–Kier alpha value is -2.85. The first kappa shape index (κ1) is 39.9. The van der Waals surface area contributed by atoms with E-state index in [2.05, 4.69) is 10.3 Å². The third-order valence-corrected chi connectivity index (χ3v) is 11.3. The molecule has 11 nitrogen and oxygen atoms in total. The summed E-state index contributed by atoms with van der Waals surface area (Å²) in [5, 5.41) is 22.5. The molecule has 280 valence electrons. The van der Waals surface area contributed by atoms with Crippen molar-refractivity contribution in [1.82, 2.24) is 14.5 Å². The number of amides is 2. The van der Waals surface area contributed by atoms with Crippen LogP contribution >= 0.6 is 0 Å². The monoisotopic (exact) mass is 728 g/mol. The SMILES string of the molecule is Cc1cc(C(=O)N2CCC(OC[C@@H](O)CO)CC2)cc(C)c1C=CS(=O)(=O)N1CCC2(CC1)N=C(CCCCCCCCC(F)(F)F)NC2=O. The van der Waals surface area contributed by atoms with Crippen LogP contribution in [-0.4, -0.2) is 109 Å². The third-order valence-electron chi connectivity index (χ3n) is 9.77. The number of amidine groups is 1. The highest BCUT2D eigenvalue weighted by Crippen LogP contribution is 2.32. The van der Waals surface area contributed by atoms with Gasteiger partial charge in [0.2, 0.25) is 10.0 Å². The topological polar surface area (TPSA) is 149 Å². The number of benzene rings is 1. The van der Waals surface area contributed by atoms with Crippen LogP contribution in [0.2, 0.25) is 0 Å². The molecule has 1 aromatic rings. The Morgan fingerprint density at radius 2 is 1.66 bits per heavy atom. The number of aryl methyl sites for hydroxylation is 2. The van der Waals surface area contributed by atoms with Gasteiger partial charge < -0.3 is 25.2 Å². The maximum absolute atomic E-state index is 13.3. The molecule has 2 saturated heterocycles. The molecule has 50 heavy (non-hydrogen) atoms. The van der Waals surface area contributed by atoms with Crippen molar-refractivity contribution in [2.75, 3.05) is 39.4 Å². The summed E-state index contributed by atoms with van der Waals surface area (Å²) in [5.41, 5.74) is 1.77. The number of ether oxygens (including phenoxy) is 1. The van der Waals surface area contributed by atoms with E-state index in [9.17, 15) is 36.3 Å². The number of aliphatic hydroxyl groups is 2. The third kappa shape index (κ3) is 11.1. The van der Waals surface area contributed by atoms with Gasteiger partial charge in [-0.25, -0.2) is 8.42 Å². The average molecular weight is 729 g/mol. The molecule has 2 amide bonds. The second-order valence-corrected chi connectivity index (χ2v) is 15.5. The Bertz CT molecular complexity index is 1480. The number of carbonyl (C=O) groups excluding carboxylic acids is 2. The van der Waals surface area contributed by atoms with Gasteiger partial charge in [-0.1, -0.05) is 25.7 Å². The fraction of sp³-hybridized carbons (Fsp3) is 0.686. The largest absolute Gasteiger partial charge is 0.394 e. The summed E-state index contributed by atoms with van der Waals surface area (Å²) in [7, 11) is -3.80. The van der Waals surface area contributed by atoms with Crippen LogP contribution in [0.4, 0.5) is 13.2 Å². The number of carbonyl (C=O) groups is 2. The molecule has 0 unspecified atom stereocenters. The Balaban J connectivity index is 1.25. The highest BCUT2D eigenvalue weighted by atomic mass is 32.2. The second-order valence-electron chi connectivity index (χ2n) is 13.7. The highest BCUT2D eigenvalue weighted by Gasteiger charge is 2.47. The number of hydrogen-bond donors (Lipinski definition) is 3. The van der Waals surface area contributed by atoms with Crippen molar-refractivity contribution in [3.05, 3.63) is 39.8 Å². The van der Waals surface area contributed by atoms with Gasteiger partial charge in [0.1, 0.15) is 17.5 Å². The van der Waals surface area contributed by atoms with E-state index in [0.717, 1.165) is 36.8 Å². The van der Waals surface area contributed by atoms with Gasteiger partial charge in [0, 0.05) is 50.0 Å². The van der Waals surface area contributed by atoms with Gasteiger partial charge in [-0.05, 0) is 87.3 Å². The Labute approximate surface area is 293 Å². The molecule has 0 aliphatic carbocycles. The minimum atomic E-state index is -4.10. The van der Waals surface area contributed by atoms with Gasteiger partial charge in [0.05, 0.1) is 19.3 Å². The number of nitrogens with zero attached hydrogens (tertiary/aromatic N) is 3. The lowest BCUT2D eigenvalue weighted by Crippen LogP contribution is -2.50. The van der Waals surface area contributed by atoms with Crippen LogP contribution in [0.3, 0.4) is 0 Å². The number of unbranched alkanes of at least 4 members (excludes halogenated alkanes) is 5. The molecule has 3 aliphatic heterocycles. The number of piperidine rings is 2. The molecule has 15 heteroatoms. The predicted molar refractivity (Wildman–Crippen MR) is 184 cm³/mol. The molecule has 4 rings (SSSR count). The zero-order valence-electron chi connectivity index (χ0n) is 29.0. The number of likely N-dealkylation sites (tertiary alicyclic amines) is 1. The van der Waals surface area contributed by atoms with Crippen LogP contribution in [-0.2, 0) is 19.6 Å². The molecule has 0 radical (unpaired) electrons. The number of sulfonamides is 1. The van der Waals surface area contributed by atoms with E-state index in [-0.39, 0.29) is 63.5 Å². The van der Waals surface area contributed by atoms with Crippen molar-refractivity contribution in [3.63, 3.8) is 0 Å². The normalized spacial score (nSPS) is 19.7. The second kappa shape index (κ2) is 17.6. The molecule has 3 N–H and O–H groups in total. The molecule has 3 heterocycles. The van der Waals surface area contributed by atoms with Gasteiger partial charge in [-0.3, -0.25) is 14.6 Å². The minimum absolute atomic E-state index is 0.0513. The van der Waals surface area contributed by atoms with Crippen LogP contribution in [0, 0.1) is 13.8 Å². The van der Waals surface area contributed by atoms with Crippen LogP contribution in [0.25, 0.3) is 6.08 Å². The van der Waals surface area contributed by atoms with Crippen molar-refractivity contribution < 1.29 is 46.1 Å². The molecular weight excluding hydrogens is 677 g/mol. The number of alkyl halides is 3. The average Bonchev–Trinajstić information content (AvgIpc) is 3.37. The number of halogens is 3. The van der Waals surface area contributed by atoms with E-state index in [0.29, 0.717) is 55.7 Å². The minimum Gasteiger partial charge on any atom is -0.394 e. The summed E-state index contributed by atoms with van der Waals surface area (Å²) in [4.78, 5) is 32.6. The fourth-order valence-corrected chi connectivity index (χ4v) is 7.96. The lowest BCUT2D eigenvalue weighted by molar-refractivity contribution is -0.135. The summed E-state index contributed by atoms with van der Waals surface area (Å²) in [6.07, 6.45) is 1.87. The van der Waals surface area contributed by atoms with Gasteiger partial charge in [0.15, 0.2) is 0 Å². The van der Waals surface area contributed by atoms with Crippen LogP contribution < -0.4 is 5.32 Å². The zero-order chi connectivity index (χ0) is 36.5. The summed E-state index contributed by atoms with van der Waals surface area (Å²) in [6, 6.07) is 3.53. The summed E-state index contributed by atoms with van der Waals surface area (Å²) in [6.45, 7) is 4.64. The molecule has 1 atom stereocenters.